The smallest absolute Gasteiger partial charge is 0.131 e. The summed E-state index contributed by atoms with van der Waals surface area (Å²) < 4.78 is 13.6. The van der Waals surface area contributed by atoms with Gasteiger partial charge in [0.1, 0.15) is 5.82 Å². The summed E-state index contributed by atoms with van der Waals surface area (Å²) in [6.45, 7) is 0. The topological polar surface area (TPSA) is 0 Å². The highest BCUT2D eigenvalue weighted by atomic mass is 79.9. The van der Waals surface area contributed by atoms with Gasteiger partial charge in [-0.1, -0.05) is 58.4 Å². The van der Waals surface area contributed by atoms with Crippen molar-refractivity contribution >= 4 is 15.9 Å². The van der Waals surface area contributed by atoms with E-state index < -0.39 is 0 Å². The second-order valence-electron chi connectivity index (χ2n) is 3.62. The quantitative estimate of drug-likeness (QED) is 0.729. The third-order valence-corrected chi connectivity index (χ3v) is 2.89. The molecular weight excluding hydrogens is 267 g/mol. The van der Waals surface area contributed by atoms with Gasteiger partial charge in [-0.3, -0.25) is 0 Å². The molecule has 0 N–H and O–H groups in total. The lowest BCUT2D eigenvalue weighted by Gasteiger charge is -2.05. The highest BCUT2D eigenvalue weighted by Gasteiger charge is 2.03. The maximum absolute atomic E-state index is 13.6. The third-order valence-electron chi connectivity index (χ3n) is 2.50. The lowest BCUT2D eigenvalue weighted by Crippen LogP contribution is -1.88. The molecule has 0 aliphatic heterocycles. The first kappa shape index (κ1) is 11.3. The third kappa shape index (κ3) is 2.50. The number of halogens is 2. The number of hydrogen-bond acceptors (Lipinski definition) is 0. The van der Waals surface area contributed by atoms with Crippen molar-refractivity contribution < 1.29 is 4.39 Å². The summed E-state index contributed by atoms with van der Waals surface area (Å²) in [7, 11) is 0. The van der Waals surface area contributed by atoms with E-state index in [1.807, 2.05) is 30.3 Å². The van der Waals surface area contributed by atoms with Crippen LogP contribution in [0.15, 0.2) is 48.5 Å². The Kier molecular flexibility index (Phi) is 3.73. The lowest BCUT2D eigenvalue weighted by molar-refractivity contribution is 0.631. The van der Waals surface area contributed by atoms with Gasteiger partial charge in [-0.15, -0.1) is 0 Å². The standard InChI is InChI=1S/C14H12BrF/c15-9-8-11-4-3-5-12(10-11)13-6-1-2-7-14(13)16/h1-7,10H,8-9H2. The van der Waals surface area contributed by atoms with Gasteiger partial charge in [-0.2, -0.15) is 0 Å². The zero-order valence-corrected chi connectivity index (χ0v) is 10.4. The molecule has 0 aliphatic carbocycles. The van der Waals surface area contributed by atoms with E-state index in [0.717, 1.165) is 17.3 Å². The summed E-state index contributed by atoms with van der Waals surface area (Å²) >= 11 is 3.41. The second-order valence-corrected chi connectivity index (χ2v) is 4.41. The van der Waals surface area contributed by atoms with Gasteiger partial charge in [0.25, 0.3) is 0 Å². The summed E-state index contributed by atoms with van der Waals surface area (Å²) in [5.41, 5.74) is 2.83. The molecule has 0 aromatic heterocycles. The number of hydrogen-bond donors (Lipinski definition) is 0. The van der Waals surface area contributed by atoms with Crippen molar-refractivity contribution in [3.63, 3.8) is 0 Å². The van der Waals surface area contributed by atoms with Crippen LogP contribution in [0.3, 0.4) is 0 Å². The maximum Gasteiger partial charge on any atom is 0.131 e. The summed E-state index contributed by atoms with van der Waals surface area (Å²) in [6.07, 6.45) is 0.961. The number of alkyl halides is 1. The number of benzene rings is 2. The Morgan fingerprint density at radius 3 is 2.56 bits per heavy atom. The van der Waals surface area contributed by atoms with Crippen LogP contribution in [-0.4, -0.2) is 5.33 Å². The highest BCUT2D eigenvalue weighted by Crippen LogP contribution is 2.23. The Morgan fingerprint density at radius 2 is 1.81 bits per heavy atom. The molecule has 0 bridgehead atoms. The fourth-order valence-electron chi connectivity index (χ4n) is 1.70. The van der Waals surface area contributed by atoms with Crippen LogP contribution < -0.4 is 0 Å². The van der Waals surface area contributed by atoms with Gasteiger partial charge in [0.05, 0.1) is 0 Å². The van der Waals surface area contributed by atoms with Crippen LogP contribution in [0.1, 0.15) is 5.56 Å². The van der Waals surface area contributed by atoms with E-state index in [1.54, 1.807) is 6.07 Å². The van der Waals surface area contributed by atoms with Crippen LogP contribution >= 0.6 is 15.9 Å². The molecule has 0 saturated heterocycles. The van der Waals surface area contributed by atoms with Gasteiger partial charge in [0.2, 0.25) is 0 Å². The number of rotatable bonds is 3. The molecule has 0 fully saturated rings. The van der Waals surface area contributed by atoms with Crippen molar-refractivity contribution in [3.05, 3.63) is 59.9 Å². The highest BCUT2D eigenvalue weighted by molar-refractivity contribution is 9.09. The second kappa shape index (κ2) is 5.26. The van der Waals surface area contributed by atoms with Crippen LogP contribution in [0.5, 0.6) is 0 Å². The molecule has 0 aliphatic rings. The maximum atomic E-state index is 13.6. The summed E-state index contributed by atoms with van der Waals surface area (Å²) in [6, 6.07) is 14.9. The van der Waals surface area contributed by atoms with E-state index in [0.29, 0.717) is 5.56 Å². The molecule has 0 amide bonds. The predicted octanol–water partition coefficient (Wildman–Crippen LogP) is 4.43. The molecule has 2 aromatic carbocycles. The predicted molar refractivity (Wildman–Crippen MR) is 69.3 cm³/mol. The minimum Gasteiger partial charge on any atom is -0.206 e. The van der Waals surface area contributed by atoms with Crippen molar-refractivity contribution in [3.8, 4) is 11.1 Å². The first-order valence-electron chi connectivity index (χ1n) is 5.21. The minimum absolute atomic E-state index is 0.168. The monoisotopic (exact) mass is 278 g/mol. The van der Waals surface area contributed by atoms with Gasteiger partial charge in [0.15, 0.2) is 0 Å². The molecule has 0 atom stereocenters. The van der Waals surface area contributed by atoms with Gasteiger partial charge in [-0.25, -0.2) is 4.39 Å². The van der Waals surface area contributed by atoms with E-state index >= 15 is 0 Å². The van der Waals surface area contributed by atoms with E-state index in [-0.39, 0.29) is 5.82 Å². The van der Waals surface area contributed by atoms with Crippen LogP contribution in [0.4, 0.5) is 4.39 Å². The zero-order valence-electron chi connectivity index (χ0n) is 8.79. The van der Waals surface area contributed by atoms with Crippen LogP contribution in [-0.2, 0) is 6.42 Å². The Balaban J connectivity index is 2.40. The van der Waals surface area contributed by atoms with E-state index in [4.69, 9.17) is 0 Å². The minimum atomic E-state index is -0.168. The Morgan fingerprint density at radius 1 is 1.00 bits per heavy atom. The molecule has 2 heteroatoms. The Labute approximate surface area is 103 Å². The fraction of sp³-hybridized carbons (Fsp3) is 0.143. The normalized spacial score (nSPS) is 10.4. The van der Waals surface area contributed by atoms with Crippen molar-refractivity contribution in [2.45, 2.75) is 6.42 Å². The van der Waals surface area contributed by atoms with Gasteiger partial charge < -0.3 is 0 Å². The van der Waals surface area contributed by atoms with Crippen LogP contribution in [0.2, 0.25) is 0 Å². The van der Waals surface area contributed by atoms with E-state index in [1.165, 1.54) is 11.6 Å². The molecule has 2 rings (SSSR count). The molecule has 0 heterocycles. The molecule has 82 valence electrons. The fourth-order valence-corrected chi connectivity index (χ4v) is 2.16. The molecule has 0 nitrogen and oxygen atoms in total. The Hall–Kier alpha value is -1.15. The van der Waals surface area contributed by atoms with Crippen molar-refractivity contribution in [1.29, 1.82) is 0 Å². The SMILES string of the molecule is Fc1ccccc1-c1cccc(CCBr)c1. The molecule has 0 saturated carbocycles. The number of aryl methyl sites for hydroxylation is 1. The lowest BCUT2D eigenvalue weighted by atomic mass is 10.0. The molecule has 16 heavy (non-hydrogen) atoms. The largest absolute Gasteiger partial charge is 0.206 e. The average Bonchev–Trinajstić information content (AvgIpc) is 2.30. The van der Waals surface area contributed by atoms with E-state index in [2.05, 4.69) is 22.0 Å². The van der Waals surface area contributed by atoms with E-state index in [9.17, 15) is 4.39 Å². The summed E-state index contributed by atoms with van der Waals surface area (Å²) in [5.74, 6) is -0.168. The first-order valence-corrected chi connectivity index (χ1v) is 6.33. The van der Waals surface area contributed by atoms with Crippen LogP contribution in [0.25, 0.3) is 11.1 Å². The summed E-state index contributed by atoms with van der Waals surface area (Å²) in [5, 5.41) is 0.924. The van der Waals surface area contributed by atoms with Gasteiger partial charge in [-0.05, 0) is 23.6 Å². The average molecular weight is 279 g/mol. The molecule has 0 spiro atoms. The van der Waals surface area contributed by atoms with Gasteiger partial charge >= 0.3 is 0 Å². The molecular formula is C14H12BrF. The molecule has 2 aromatic rings. The molecule has 0 radical (unpaired) electrons. The van der Waals surface area contributed by atoms with Crippen LogP contribution in [0, 0.1) is 5.82 Å². The zero-order chi connectivity index (χ0) is 11.4. The van der Waals surface area contributed by atoms with Crippen molar-refractivity contribution in [1.82, 2.24) is 0 Å². The van der Waals surface area contributed by atoms with Crippen molar-refractivity contribution in [2.75, 3.05) is 5.33 Å². The first-order chi connectivity index (χ1) is 7.81. The Bertz CT molecular complexity index is 480. The molecule has 0 unspecified atom stereocenters. The summed E-state index contributed by atoms with van der Waals surface area (Å²) in [4.78, 5) is 0. The van der Waals surface area contributed by atoms with Gasteiger partial charge in [0, 0.05) is 10.9 Å². The van der Waals surface area contributed by atoms with Crippen molar-refractivity contribution in [2.24, 2.45) is 0 Å².